The predicted octanol–water partition coefficient (Wildman–Crippen LogP) is 2.28. The molecule has 1 saturated heterocycles. The highest BCUT2D eigenvalue weighted by Crippen LogP contribution is 2.22. The van der Waals surface area contributed by atoms with E-state index in [9.17, 15) is 9.59 Å². The number of carboxylic acids is 1. The Hall–Kier alpha value is -1.30. The largest absolute Gasteiger partial charge is 0.479 e. The normalized spacial score (nSPS) is 21.2. The molecule has 2 rings (SSSR count). The van der Waals surface area contributed by atoms with E-state index in [0.29, 0.717) is 35.9 Å². The Balaban J connectivity index is 1.78. The van der Waals surface area contributed by atoms with Gasteiger partial charge < -0.3 is 15.2 Å². The summed E-state index contributed by atoms with van der Waals surface area (Å²) < 4.78 is 5.17. The third-order valence-corrected chi connectivity index (χ3v) is 3.88. The minimum Gasteiger partial charge on any atom is -0.479 e. The van der Waals surface area contributed by atoms with Crippen molar-refractivity contribution in [1.29, 1.82) is 0 Å². The van der Waals surface area contributed by atoms with Gasteiger partial charge in [-0.05, 0) is 37.0 Å². The highest BCUT2D eigenvalue weighted by molar-refractivity contribution is 6.35. The average Bonchev–Trinajstić information content (AvgIpc) is 2.91. The number of carbonyl (C=O) groups is 2. The lowest BCUT2D eigenvalue weighted by Gasteiger charge is -2.12. The van der Waals surface area contributed by atoms with Crippen LogP contribution in [-0.2, 0) is 20.7 Å². The summed E-state index contributed by atoms with van der Waals surface area (Å²) in [7, 11) is 0. The van der Waals surface area contributed by atoms with Gasteiger partial charge in [0, 0.05) is 16.6 Å². The molecule has 1 amide bonds. The molecular formula is C14H15Cl2NO4. The van der Waals surface area contributed by atoms with Crippen molar-refractivity contribution in [2.75, 3.05) is 6.54 Å². The lowest BCUT2D eigenvalue weighted by atomic mass is 10.1. The van der Waals surface area contributed by atoms with Crippen molar-refractivity contribution in [2.45, 2.75) is 31.5 Å². The Labute approximate surface area is 132 Å². The number of halogens is 2. The van der Waals surface area contributed by atoms with Crippen molar-refractivity contribution in [3.8, 4) is 0 Å². The van der Waals surface area contributed by atoms with E-state index in [1.807, 2.05) is 6.07 Å². The maximum absolute atomic E-state index is 11.9. The Bertz CT molecular complexity index is 550. The SMILES string of the molecule is O=C(O)C1CCC(C(=O)NCCc2ccc(Cl)cc2Cl)O1. The van der Waals surface area contributed by atoms with Crippen molar-refractivity contribution in [2.24, 2.45) is 0 Å². The summed E-state index contributed by atoms with van der Waals surface area (Å²) >= 11 is 11.8. The summed E-state index contributed by atoms with van der Waals surface area (Å²) in [6.07, 6.45) is -0.226. The van der Waals surface area contributed by atoms with E-state index in [4.69, 9.17) is 33.0 Å². The molecule has 7 heteroatoms. The van der Waals surface area contributed by atoms with Crippen LogP contribution in [0, 0.1) is 0 Å². The molecule has 2 atom stereocenters. The molecule has 1 heterocycles. The zero-order valence-corrected chi connectivity index (χ0v) is 12.7. The van der Waals surface area contributed by atoms with Gasteiger partial charge in [0.25, 0.3) is 0 Å². The predicted molar refractivity (Wildman–Crippen MR) is 78.7 cm³/mol. The van der Waals surface area contributed by atoms with E-state index in [1.165, 1.54) is 0 Å². The second-order valence-electron chi connectivity index (χ2n) is 4.81. The number of rotatable bonds is 5. The van der Waals surface area contributed by atoms with Crippen molar-refractivity contribution in [1.82, 2.24) is 5.32 Å². The van der Waals surface area contributed by atoms with Crippen LogP contribution in [-0.4, -0.2) is 35.7 Å². The fourth-order valence-electron chi connectivity index (χ4n) is 2.17. The summed E-state index contributed by atoms with van der Waals surface area (Å²) in [6, 6.07) is 5.20. The summed E-state index contributed by atoms with van der Waals surface area (Å²) in [6.45, 7) is 0.401. The Morgan fingerprint density at radius 3 is 2.62 bits per heavy atom. The topological polar surface area (TPSA) is 75.6 Å². The van der Waals surface area contributed by atoms with Gasteiger partial charge in [0.05, 0.1) is 0 Å². The molecule has 0 aliphatic carbocycles. The molecule has 2 N–H and O–H groups in total. The molecular weight excluding hydrogens is 317 g/mol. The summed E-state index contributed by atoms with van der Waals surface area (Å²) in [5, 5.41) is 12.7. The van der Waals surface area contributed by atoms with Crippen LogP contribution in [0.1, 0.15) is 18.4 Å². The number of ether oxygens (including phenoxy) is 1. The van der Waals surface area contributed by atoms with Crippen LogP contribution in [0.4, 0.5) is 0 Å². The molecule has 1 aliphatic rings. The minimum atomic E-state index is -1.03. The molecule has 0 spiro atoms. The van der Waals surface area contributed by atoms with E-state index >= 15 is 0 Å². The third-order valence-electron chi connectivity index (χ3n) is 3.30. The minimum absolute atomic E-state index is 0.288. The van der Waals surface area contributed by atoms with Crippen molar-refractivity contribution in [3.05, 3.63) is 33.8 Å². The molecule has 0 radical (unpaired) electrons. The first-order chi connectivity index (χ1) is 9.97. The van der Waals surface area contributed by atoms with E-state index in [1.54, 1.807) is 12.1 Å². The van der Waals surface area contributed by atoms with Crippen molar-refractivity contribution in [3.63, 3.8) is 0 Å². The van der Waals surface area contributed by atoms with E-state index in [0.717, 1.165) is 5.56 Å². The molecule has 114 valence electrons. The maximum atomic E-state index is 11.9. The number of benzene rings is 1. The monoisotopic (exact) mass is 331 g/mol. The second-order valence-corrected chi connectivity index (χ2v) is 5.65. The van der Waals surface area contributed by atoms with Gasteiger partial charge in [0.1, 0.15) is 6.10 Å². The lowest BCUT2D eigenvalue weighted by molar-refractivity contribution is -0.151. The Morgan fingerprint density at radius 1 is 1.29 bits per heavy atom. The zero-order chi connectivity index (χ0) is 15.4. The van der Waals surface area contributed by atoms with Crippen LogP contribution >= 0.6 is 23.2 Å². The molecule has 1 aromatic rings. The van der Waals surface area contributed by atoms with Crippen LogP contribution in [0.2, 0.25) is 10.0 Å². The highest BCUT2D eigenvalue weighted by atomic mass is 35.5. The van der Waals surface area contributed by atoms with Crippen molar-refractivity contribution < 1.29 is 19.4 Å². The van der Waals surface area contributed by atoms with Gasteiger partial charge in [0.15, 0.2) is 6.10 Å². The first-order valence-electron chi connectivity index (χ1n) is 6.57. The number of nitrogens with one attached hydrogen (secondary N) is 1. The molecule has 1 aliphatic heterocycles. The zero-order valence-electron chi connectivity index (χ0n) is 11.1. The first-order valence-corrected chi connectivity index (χ1v) is 7.33. The van der Waals surface area contributed by atoms with Crippen LogP contribution in [0.25, 0.3) is 0 Å². The fraction of sp³-hybridized carbons (Fsp3) is 0.429. The Kier molecular flexibility index (Phi) is 5.45. The average molecular weight is 332 g/mol. The standard InChI is InChI=1S/C14H15Cl2NO4/c15-9-2-1-8(10(16)7-9)5-6-17-13(18)11-3-4-12(21-11)14(19)20/h1-2,7,11-12H,3-6H2,(H,17,18)(H,19,20). The van der Waals surface area contributed by atoms with Gasteiger partial charge in [-0.15, -0.1) is 0 Å². The van der Waals surface area contributed by atoms with Crippen LogP contribution in [0.15, 0.2) is 18.2 Å². The smallest absolute Gasteiger partial charge is 0.332 e. The van der Waals surface area contributed by atoms with Crippen LogP contribution in [0.5, 0.6) is 0 Å². The molecule has 2 unspecified atom stereocenters. The van der Waals surface area contributed by atoms with E-state index < -0.39 is 18.2 Å². The van der Waals surface area contributed by atoms with Gasteiger partial charge in [-0.25, -0.2) is 4.79 Å². The van der Waals surface area contributed by atoms with Gasteiger partial charge in [0.2, 0.25) is 5.91 Å². The number of carboxylic acid groups (broad SMARTS) is 1. The molecule has 21 heavy (non-hydrogen) atoms. The van der Waals surface area contributed by atoms with Crippen LogP contribution < -0.4 is 5.32 Å². The van der Waals surface area contributed by atoms with Crippen molar-refractivity contribution >= 4 is 35.1 Å². The van der Waals surface area contributed by atoms with Gasteiger partial charge >= 0.3 is 5.97 Å². The summed E-state index contributed by atoms with van der Waals surface area (Å²) in [4.78, 5) is 22.6. The first kappa shape index (κ1) is 16.1. The molecule has 1 aromatic carbocycles. The summed E-state index contributed by atoms with van der Waals surface area (Å²) in [5.74, 6) is -1.32. The number of aliphatic carboxylic acids is 1. The fourth-order valence-corrected chi connectivity index (χ4v) is 2.67. The lowest BCUT2D eigenvalue weighted by Crippen LogP contribution is -2.36. The third kappa shape index (κ3) is 4.33. The van der Waals surface area contributed by atoms with Gasteiger partial charge in [-0.2, -0.15) is 0 Å². The second kappa shape index (κ2) is 7.11. The van der Waals surface area contributed by atoms with Crippen LogP contribution in [0.3, 0.4) is 0 Å². The van der Waals surface area contributed by atoms with Gasteiger partial charge in [-0.3, -0.25) is 4.79 Å². The molecule has 0 saturated carbocycles. The summed E-state index contributed by atoms with van der Waals surface area (Å²) in [5.41, 5.74) is 0.886. The quantitative estimate of drug-likeness (QED) is 0.867. The highest BCUT2D eigenvalue weighted by Gasteiger charge is 2.34. The van der Waals surface area contributed by atoms with E-state index in [2.05, 4.69) is 5.32 Å². The number of carbonyl (C=O) groups excluding carboxylic acids is 1. The molecule has 1 fully saturated rings. The maximum Gasteiger partial charge on any atom is 0.332 e. The van der Waals surface area contributed by atoms with Gasteiger partial charge in [-0.1, -0.05) is 29.3 Å². The molecule has 0 aromatic heterocycles. The number of hydrogen-bond donors (Lipinski definition) is 2. The van der Waals surface area contributed by atoms with E-state index in [-0.39, 0.29) is 5.91 Å². The molecule has 5 nitrogen and oxygen atoms in total. The number of amides is 1. The number of hydrogen-bond acceptors (Lipinski definition) is 3. The molecule has 0 bridgehead atoms. The Morgan fingerprint density at radius 2 is 2.00 bits per heavy atom.